The SMILES string of the molecule is C=CC(=O)OCCOC(=O)NCC1(C)CC(NC(C)=O)CC(C)(C)C1. The molecule has 0 spiro atoms. The number of carbonyl (C=O) groups is 3. The van der Waals surface area contributed by atoms with E-state index in [4.69, 9.17) is 9.47 Å². The second-order valence-corrected chi connectivity index (χ2v) is 7.82. The fourth-order valence-corrected chi connectivity index (χ4v) is 3.83. The molecule has 2 amide bonds. The number of carbonyl (C=O) groups excluding carboxylic acids is 3. The van der Waals surface area contributed by atoms with Gasteiger partial charge >= 0.3 is 12.1 Å². The van der Waals surface area contributed by atoms with Gasteiger partial charge in [0.15, 0.2) is 0 Å². The van der Waals surface area contributed by atoms with Gasteiger partial charge in [0.2, 0.25) is 5.91 Å². The minimum atomic E-state index is -0.551. The highest BCUT2D eigenvalue weighted by molar-refractivity contribution is 5.81. The van der Waals surface area contributed by atoms with Crippen molar-refractivity contribution in [2.45, 2.75) is 53.0 Å². The van der Waals surface area contributed by atoms with Gasteiger partial charge in [0, 0.05) is 25.6 Å². The molecule has 1 aliphatic rings. The quantitative estimate of drug-likeness (QED) is 0.415. The van der Waals surface area contributed by atoms with E-state index in [-0.39, 0.29) is 36.0 Å². The molecule has 0 aliphatic heterocycles. The highest BCUT2D eigenvalue weighted by Crippen LogP contribution is 2.45. The molecular formula is C18H30N2O5. The fraction of sp³-hybridized carbons (Fsp3) is 0.722. The molecule has 0 bridgehead atoms. The highest BCUT2D eigenvalue weighted by atomic mass is 16.6. The molecule has 1 rings (SSSR count). The number of alkyl carbamates (subject to hydrolysis) is 1. The average Bonchev–Trinajstić information content (AvgIpc) is 2.46. The zero-order valence-corrected chi connectivity index (χ0v) is 15.6. The summed E-state index contributed by atoms with van der Waals surface area (Å²) >= 11 is 0. The Bertz CT molecular complexity index is 518. The van der Waals surface area contributed by atoms with Crippen molar-refractivity contribution in [3.8, 4) is 0 Å². The number of ether oxygens (including phenoxy) is 2. The van der Waals surface area contributed by atoms with Crippen LogP contribution in [0.5, 0.6) is 0 Å². The Kier molecular flexibility index (Phi) is 7.45. The van der Waals surface area contributed by atoms with Crippen molar-refractivity contribution in [3.63, 3.8) is 0 Å². The van der Waals surface area contributed by atoms with Crippen LogP contribution in [0.2, 0.25) is 0 Å². The lowest BCUT2D eigenvalue weighted by Crippen LogP contribution is -2.50. The predicted molar refractivity (Wildman–Crippen MR) is 93.9 cm³/mol. The molecule has 7 nitrogen and oxygen atoms in total. The summed E-state index contributed by atoms with van der Waals surface area (Å²) < 4.78 is 9.72. The van der Waals surface area contributed by atoms with Crippen molar-refractivity contribution in [3.05, 3.63) is 12.7 Å². The maximum atomic E-state index is 11.8. The van der Waals surface area contributed by atoms with E-state index in [1.807, 2.05) is 0 Å². The summed E-state index contributed by atoms with van der Waals surface area (Å²) in [5, 5.41) is 5.77. The first kappa shape index (κ1) is 21.0. The summed E-state index contributed by atoms with van der Waals surface area (Å²) in [6.07, 6.45) is 3.16. The van der Waals surface area contributed by atoms with E-state index in [1.54, 1.807) is 0 Å². The van der Waals surface area contributed by atoms with Crippen molar-refractivity contribution in [1.29, 1.82) is 0 Å². The third-order valence-corrected chi connectivity index (χ3v) is 4.24. The summed E-state index contributed by atoms with van der Waals surface area (Å²) in [5.74, 6) is -0.587. The Balaban J connectivity index is 2.44. The molecule has 0 saturated heterocycles. The van der Waals surface area contributed by atoms with E-state index in [2.05, 4.69) is 38.0 Å². The molecule has 0 aromatic rings. The Hall–Kier alpha value is -2.05. The third-order valence-electron chi connectivity index (χ3n) is 4.24. The Morgan fingerprint density at radius 2 is 1.80 bits per heavy atom. The van der Waals surface area contributed by atoms with Crippen molar-refractivity contribution in [2.75, 3.05) is 19.8 Å². The average molecular weight is 354 g/mol. The van der Waals surface area contributed by atoms with Crippen LogP contribution < -0.4 is 10.6 Å². The van der Waals surface area contributed by atoms with E-state index >= 15 is 0 Å². The first-order valence-corrected chi connectivity index (χ1v) is 8.52. The number of esters is 1. The van der Waals surface area contributed by atoms with Crippen molar-refractivity contribution in [1.82, 2.24) is 10.6 Å². The lowest BCUT2D eigenvalue weighted by Gasteiger charge is -2.46. The van der Waals surface area contributed by atoms with Gasteiger partial charge in [-0.2, -0.15) is 0 Å². The summed E-state index contributed by atoms with van der Waals surface area (Å²) in [4.78, 5) is 34.0. The molecule has 0 aromatic heterocycles. The standard InChI is InChI=1S/C18H30N2O5/c1-6-15(22)24-7-8-25-16(23)19-12-18(5)10-14(20-13(2)21)9-17(3,4)11-18/h6,14H,1,7-12H2,2-5H3,(H,19,23)(H,20,21). The van der Waals surface area contributed by atoms with Crippen LogP contribution in [0.3, 0.4) is 0 Å². The lowest BCUT2D eigenvalue weighted by atomic mass is 9.62. The molecule has 7 heteroatoms. The molecule has 1 aliphatic carbocycles. The van der Waals surface area contributed by atoms with E-state index in [9.17, 15) is 14.4 Å². The van der Waals surface area contributed by atoms with Gasteiger partial charge in [0.1, 0.15) is 13.2 Å². The van der Waals surface area contributed by atoms with Crippen LogP contribution in [0.25, 0.3) is 0 Å². The summed E-state index contributed by atoms with van der Waals surface area (Å²) in [7, 11) is 0. The molecule has 0 heterocycles. The first-order chi connectivity index (χ1) is 11.6. The predicted octanol–water partition coefficient (Wildman–Crippen LogP) is 2.16. The summed E-state index contributed by atoms with van der Waals surface area (Å²) in [6.45, 7) is 11.7. The zero-order valence-electron chi connectivity index (χ0n) is 15.6. The van der Waals surface area contributed by atoms with Crippen LogP contribution >= 0.6 is 0 Å². The van der Waals surface area contributed by atoms with Gasteiger partial charge in [-0.15, -0.1) is 0 Å². The smallest absolute Gasteiger partial charge is 0.407 e. The van der Waals surface area contributed by atoms with Gasteiger partial charge in [-0.05, 0) is 30.1 Å². The molecule has 0 aromatic carbocycles. The van der Waals surface area contributed by atoms with Crippen molar-refractivity contribution in [2.24, 2.45) is 10.8 Å². The first-order valence-electron chi connectivity index (χ1n) is 8.52. The second kappa shape index (κ2) is 8.87. The maximum absolute atomic E-state index is 11.8. The van der Waals surface area contributed by atoms with Crippen LogP contribution in [-0.4, -0.2) is 43.8 Å². The van der Waals surface area contributed by atoms with Crippen molar-refractivity contribution >= 4 is 18.0 Å². The molecule has 0 radical (unpaired) electrons. The Labute approximate surface area is 149 Å². The largest absolute Gasteiger partial charge is 0.459 e. The zero-order chi connectivity index (χ0) is 19.1. The topological polar surface area (TPSA) is 93.7 Å². The highest BCUT2D eigenvalue weighted by Gasteiger charge is 2.41. The van der Waals surface area contributed by atoms with Gasteiger partial charge in [-0.25, -0.2) is 9.59 Å². The maximum Gasteiger partial charge on any atom is 0.407 e. The van der Waals surface area contributed by atoms with Gasteiger partial charge in [-0.1, -0.05) is 27.4 Å². The van der Waals surface area contributed by atoms with Crippen molar-refractivity contribution < 1.29 is 23.9 Å². The van der Waals surface area contributed by atoms with Gasteiger partial charge in [0.05, 0.1) is 0 Å². The van der Waals surface area contributed by atoms with Crippen LogP contribution in [0.15, 0.2) is 12.7 Å². The van der Waals surface area contributed by atoms with Crippen LogP contribution in [0.1, 0.15) is 47.0 Å². The Morgan fingerprint density at radius 3 is 2.40 bits per heavy atom. The summed E-state index contributed by atoms with van der Waals surface area (Å²) in [6, 6.07) is 0.0994. The van der Waals surface area contributed by atoms with Crippen LogP contribution in [-0.2, 0) is 19.1 Å². The normalized spacial score (nSPS) is 24.7. The van der Waals surface area contributed by atoms with Gasteiger partial charge < -0.3 is 20.1 Å². The molecular weight excluding hydrogens is 324 g/mol. The van der Waals surface area contributed by atoms with E-state index in [0.717, 1.165) is 25.3 Å². The number of amides is 2. The number of hydrogen-bond donors (Lipinski definition) is 2. The monoisotopic (exact) mass is 354 g/mol. The minimum Gasteiger partial charge on any atom is -0.459 e. The van der Waals surface area contributed by atoms with Gasteiger partial charge in [-0.3, -0.25) is 4.79 Å². The molecule has 1 fully saturated rings. The molecule has 2 unspecified atom stereocenters. The third kappa shape index (κ3) is 8.05. The molecule has 1 saturated carbocycles. The minimum absolute atomic E-state index is 0.00677. The van der Waals surface area contributed by atoms with Crippen LogP contribution in [0.4, 0.5) is 4.79 Å². The summed E-state index contributed by atoms with van der Waals surface area (Å²) in [5.41, 5.74) is -0.0617. The molecule has 2 atom stereocenters. The van der Waals surface area contributed by atoms with E-state index in [0.29, 0.717) is 6.54 Å². The molecule has 2 N–H and O–H groups in total. The molecule has 142 valence electrons. The van der Waals surface area contributed by atoms with Crippen LogP contribution in [0, 0.1) is 10.8 Å². The van der Waals surface area contributed by atoms with E-state index in [1.165, 1.54) is 6.92 Å². The number of hydrogen-bond acceptors (Lipinski definition) is 5. The lowest BCUT2D eigenvalue weighted by molar-refractivity contribution is -0.138. The Morgan fingerprint density at radius 1 is 1.16 bits per heavy atom. The number of rotatable bonds is 7. The second-order valence-electron chi connectivity index (χ2n) is 7.82. The van der Waals surface area contributed by atoms with E-state index < -0.39 is 12.1 Å². The number of nitrogens with one attached hydrogen (secondary N) is 2. The van der Waals surface area contributed by atoms with Gasteiger partial charge in [0.25, 0.3) is 0 Å². The fourth-order valence-electron chi connectivity index (χ4n) is 3.83. The molecule has 25 heavy (non-hydrogen) atoms.